The lowest BCUT2D eigenvalue weighted by Gasteiger charge is -2.23. The van der Waals surface area contributed by atoms with E-state index in [2.05, 4.69) is 6.07 Å². The predicted molar refractivity (Wildman–Crippen MR) is 100 cm³/mol. The van der Waals surface area contributed by atoms with Crippen molar-refractivity contribution in [3.63, 3.8) is 0 Å². The zero-order chi connectivity index (χ0) is 18.9. The number of hydrogen-bond donors (Lipinski definition) is 0. The highest BCUT2D eigenvalue weighted by atomic mass is 16.5. The minimum Gasteiger partial charge on any atom is -0.497 e. The van der Waals surface area contributed by atoms with Crippen LogP contribution < -0.4 is 9.47 Å². The van der Waals surface area contributed by atoms with Gasteiger partial charge in [0.05, 0.1) is 32.3 Å². The van der Waals surface area contributed by atoms with Gasteiger partial charge in [-0.3, -0.25) is 4.79 Å². The smallest absolute Gasteiger partial charge is 0.227 e. The molecular formula is C21H24N2O3. The summed E-state index contributed by atoms with van der Waals surface area (Å²) in [6.45, 7) is 3.24. The number of ether oxygens (including phenoxy) is 2. The molecule has 2 aromatic carbocycles. The van der Waals surface area contributed by atoms with E-state index in [0.717, 1.165) is 17.5 Å². The summed E-state index contributed by atoms with van der Waals surface area (Å²) < 4.78 is 10.6. The first kappa shape index (κ1) is 19.3. The van der Waals surface area contributed by atoms with Crippen molar-refractivity contribution in [3.05, 3.63) is 59.2 Å². The fraction of sp³-hybridized carbons (Fsp3) is 0.333. The van der Waals surface area contributed by atoms with Crippen molar-refractivity contribution in [1.82, 2.24) is 4.90 Å². The number of nitriles is 1. The Labute approximate surface area is 154 Å². The van der Waals surface area contributed by atoms with E-state index in [-0.39, 0.29) is 12.3 Å². The average molecular weight is 352 g/mol. The maximum absolute atomic E-state index is 12.9. The Morgan fingerprint density at radius 1 is 1.12 bits per heavy atom. The molecule has 0 N–H and O–H groups in total. The molecule has 0 fully saturated rings. The van der Waals surface area contributed by atoms with Gasteiger partial charge in [-0.2, -0.15) is 5.26 Å². The van der Waals surface area contributed by atoms with E-state index >= 15 is 0 Å². The molecule has 5 heteroatoms. The largest absolute Gasteiger partial charge is 0.497 e. The molecule has 0 atom stereocenters. The van der Waals surface area contributed by atoms with E-state index in [1.165, 1.54) is 0 Å². The number of amides is 1. The second kappa shape index (κ2) is 9.47. The van der Waals surface area contributed by atoms with Crippen LogP contribution in [0.1, 0.15) is 30.0 Å². The number of carbonyl (C=O) groups is 1. The monoisotopic (exact) mass is 352 g/mol. The Morgan fingerprint density at radius 2 is 1.85 bits per heavy atom. The molecule has 0 radical (unpaired) electrons. The third kappa shape index (κ3) is 5.00. The highest BCUT2D eigenvalue weighted by molar-refractivity contribution is 5.79. The fourth-order valence-electron chi connectivity index (χ4n) is 2.76. The Morgan fingerprint density at radius 3 is 2.42 bits per heavy atom. The molecule has 0 aliphatic carbocycles. The van der Waals surface area contributed by atoms with Crippen molar-refractivity contribution in [2.24, 2.45) is 0 Å². The van der Waals surface area contributed by atoms with Crippen molar-refractivity contribution in [2.75, 3.05) is 20.8 Å². The van der Waals surface area contributed by atoms with Crippen molar-refractivity contribution >= 4 is 5.91 Å². The van der Waals surface area contributed by atoms with Gasteiger partial charge in [-0.05, 0) is 42.3 Å². The summed E-state index contributed by atoms with van der Waals surface area (Å²) >= 11 is 0. The average Bonchev–Trinajstić information content (AvgIpc) is 2.68. The first-order valence-electron chi connectivity index (χ1n) is 8.59. The summed E-state index contributed by atoms with van der Waals surface area (Å²) in [5.41, 5.74) is 2.42. The van der Waals surface area contributed by atoms with Crippen molar-refractivity contribution in [2.45, 2.75) is 26.3 Å². The topological polar surface area (TPSA) is 62.6 Å². The van der Waals surface area contributed by atoms with Crippen LogP contribution in [0.5, 0.6) is 11.5 Å². The molecule has 26 heavy (non-hydrogen) atoms. The van der Waals surface area contributed by atoms with Crippen LogP contribution in [0.15, 0.2) is 42.5 Å². The lowest BCUT2D eigenvalue weighted by atomic mass is 10.1. The normalized spacial score (nSPS) is 10.1. The Hall–Kier alpha value is -3.00. The number of benzene rings is 2. The van der Waals surface area contributed by atoms with E-state index in [9.17, 15) is 4.79 Å². The predicted octanol–water partition coefficient (Wildman–Crippen LogP) is 3.56. The Kier molecular flexibility index (Phi) is 7.04. The minimum absolute atomic E-state index is 0.0303. The molecule has 0 saturated carbocycles. The van der Waals surface area contributed by atoms with Gasteiger partial charge in [-0.25, -0.2) is 0 Å². The zero-order valence-electron chi connectivity index (χ0n) is 15.5. The molecule has 5 nitrogen and oxygen atoms in total. The van der Waals surface area contributed by atoms with Gasteiger partial charge in [-0.1, -0.05) is 19.1 Å². The highest BCUT2D eigenvalue weighted by Gasteiger charge is 2.17. The second-order valence-corrected chi connectivity index (χ2v) is 5.98. The first-order valence-corrected chi connectivity index (χ1v) is 8.59. The number of rotatable bonds is 8. The minimum atomic E-state index is 0.0303. The molecule has 1 amide bonds. The van der Waals surface area contributed by atoms with Crippen LogP contribution >= 0.6 is 0 Å². The number of nitrogens with zero attached hydrogens (tertiary/aromatic N) is 2. The zero-order valence-corrected chi connectivity index (χ0v) is 15.5. The Bertz CT molecular complexity index is 779. The van der Waals surface area contributed by atoms with E-state index in [1.54, 1.807) is 26.4 Å². The molecule has 0 saturated heterocycles. The maximum Gasteiger partial charge on any atom is 0.227 e. The van der Waals surface area contributed by atoms with E-state index < -0.39 is 0 Å². The SMILES string of the molecule is CCCN(Cc1ccc(C#N)cc1)C(=O)Cc1cc(OC)ccc1OC. The van der Waals surface area contributed by atoms with Gasteiger partial charge < -0.3 is 14.4 Å². The van der Waals surface area contributed by atoms with Gasteiger partial charge in [0.25, 0.3) is 0 Å². The molecule has 0 aliphatic heterocycles. The molecule has 2 aromatic rings. The standard InChI is InChI=1S/C21H24N2O3/c1-4-11-23(15-17-7-5-16(14-22)6-8-17)21(24)13-18-12-19(25-2)9-10-20(18)26-3/h5-10,12H,4,11,13,15H2,1-3H3. The number of methoxy groups -OCH3 is 2. The van der Waals surface area contributed by atoms with Gasteiger partial charge >= 0.3 is 0 Å². The summed E-state index contributed by atoms with van der Waals surface area (Å²) in [5.74, 6) is 1.40. The van der Waals surface area contributed by atoms with Gasteiger partial charge in [0, 0.05) is 18.7 Å². The van der Waals surface area contributed by atoms with Crippen molar-refractivity contribution in [3.8, 4) is 17.6 Å². The van der Waals surface area contributed by atoms with E-state index in [4.69, 9.17) is 14.7 Å². The lowest BCUT2D eigenvalue weighted by Crippen LogP contribution is -2.32. The molecule has 2 rings (SSSR count). The summed E-state index contributed by atoms with van der Waals surface area (Å²) in [5, 5.41) is 8.90. The van der Waals surface area contributed by atoms with Crippen LogP contribution in [0.2, 0.25) is 0 Å². The maximum atomic E-state index is 12.9. The Balaban J connectivity index is 2.16. The third-order valence-electron chi connectivity index (χ3n) is 4.13. The lowest BCUT2D eigenvalue weighted by molar-refractivity contribution is -0.131. The molecule has 0 spiro atoms. The summed E-state index contributed by atoms with van der Waals surface area (Å²) in [7, 11) is 3.19. The first-order chi connectivity index (χ1) is 12.6. The third-order valence-corrected chi connectivity index (χ3v) is 4.13. The quantitative estimate of drug-likeness (QED) is 0.729. The highest BCUT2D eigenvalue weighted by Crippen LogP contribution is 2.25. The summed E-state index contributed by atoms with van der Waals surface area (Å²) in [6, 6.07) is 14.9. The van der Waals surface area contributed by atoms with Gasteiger partial charge in [-0.15, -0.1) is 0 Å². The molecule has 0 unspecified atom stereocenters. The van der Waals surface area contributed by atoms with Crippen LogP contribution in [-0.2, 0) is 17.8 Å². The molecule has 0 aromatic heterocycles. The van der Waals surface area contributed by atoms with Gasteiger partial charge in [0.15, 0.2) is 0 Å². The van der Waals surface area contributed by atoms with Crippen LogP contribution in [0, 0.1) is 11.3 Å². The molecule has 136 valence electrons. The summed E-state index contributed by atoms with van der Waals surface area (Å²) in [4.78, 5) is 14.7. The van der Waals surface area contributed by atoms with Crippen LogP contribution in [0.4, 0.5) is 0 Å². The van der Waals surface area contributed by atoms with Crippen LogP contribution in [0.3, 0.4) is 0 Å². The van der Waals surface area contributed by atoms with Crippen molar-refractivity contribution < 1.29 is 14.3 Å². The molecule has 0 bridgehead atoms. The second-order valence-electron chi connectivity index (χ2n) is 5.98. The van der Waals surface area contributed by atoms with Crippen molar-refractivity contribution in [1.29, 1.82) is 5.26 Å². The van der Waals surface area contributed by atoms with E-state index in [0.29, 0.717) is 30.2 Å². The van der Waals surface area contributed by atoms with Crippen LogP contribution in [-0.4, -0.2) is 31.6 Å². The molecule has 0 aliphatic rings. The van der Waals surface area contributed by atoms with Crippen LogP contribution in [0.25, 0.3) is 0 Å². The van der Waals surface area contributed by atoms with Gasteiger partial charge in [0.1, 0.15) is 11.5 Å². The molecule has 0 heterocycles. The summed E-state index contributed by atoms with van der Waals surface area (Å²) in [6.07, 6.45) is 1.12. The van der Waals surface area contributed by atoms with Gasteiger partial charge in [0.2, 0.25) is 5.91 Å². The number of hydrogen-bond acceptors (Lipinski definition) is 4. The number of carbonyl (C=O) groups excluding carboxylic acids is 1. The fourth-order valence-corrected chi connectivity index (χ4v) is 2.76. The molecular weight excluding hydrogens is 328 g/mol. The van der Waals surface area contributed by atoms with E-state index in [1.807, 2.05) is 42.2 Å².